The van der Waals surface area contributed by atoms with E-state index in [4.69, 9.17) is 14.7 Å². The van der Waals surface area contributed by atoms with Crippen molar-refractivity contribution in [3.8, 4) is 0 Å². The standard InChI is InChI=1S/C11H24O9P2/c1-3-5-7-11(6-4-2)19-22(16,17)20-21(14,15)18-9-10(13)8-12/h4,10-13H,2-3,5-9H2,1H3,(H,14,15)(H,16,17). The van der Waals surface area contributed by atoms with Gasteiger partial charge in [-0.3, -0.25) is 9.05 Å². The van der Waals surface area contributed by atoms with Gasteiger partial charge < -0.3 is 20.0 Å². The van der Waals surface area contributed by atoms with Crippen LogP contribution in [0.15, 0.2) is 12.7 Å². The van der Waals surface area contributed by atoms with Crippen LogP contribution < -0.4 is 0 Å². The van der Waals surface area contributed by atoms with E-state index in [1.54, 1.807) is 0 Å². The largest absolute Gasteiger partial charge is 0.481 e. The quantitative estimate of drug-likeness (QED) is 0.284. The topological polar surface area (TPSA) is 143 Å². The molecule has 132 valence electrons. The second-order valence-electron chi connectivity index (χ2n) is 4.54. The normalized spacial score (nSPS) is 19.9. The second kappa shape index (κ2) is 10.6. The van der Waals surface area contributed by atoms with Crippen molar-refractivity contribution in [3.05, 3.63) is 12.7 Å². The first-order chi connectivity index (χ1) is 10.2. The number of hydrogen-bond acceptors (Lipinski definition) is 7. The van der Waals surface area contributed by atoms with Crippen LogP contribution in [0.2, 0.25) is 0 Å². The van der Waals surface area contributed by atoms with Crippen LogP contribution in [0.1, 0.15) is 32.6 Å². The van der Waals surface area contributed by atoms with Gasteiger partial charge in [0.25, 0.3) is 0 Å². The van der Waals surface area contributed by atoms with E-state index in [1.165, 1.54) is 6.08 Å². The van der Waals surface area contributed by atoms with E-state index < -0.39 is 41.1 Å². The molecular formula is C11H24O9P2. The molecule has 0 saturated carbocycles. The number of aliphatic hydroxyl groups excluding tert-OH is 2. The van der Waals surface area contributed by atoms with Gasteiger partial charge in [-0.25, -0.2) is 9.13 Å². The van der Waals surface area contributed by atoms with Crippen molar-refractivity contribution in [1.82, 2.24) is 0 Å². The van der Waals surface area contributed by atoms with Gasteiger partial charge >= 0.3 is 15.6 Å². The molecule has 0 radical (unpaired) electrons. The third kappa shape index (κ3) is 10.6. The highest BCUT2D eigenvalue weighted by atomic mass is 31.3. The van der Waals surface area contributed by atoms with Gasteiger partial charge in [-0.05, 0) is 12.8 Å². The molecule has 0 bridgehead atoms. The number of aliphatic hydroxyl groups is 2. The summed E-state index contributed by atoms with van der Waals surface area (Å²) in [6.07, 6.45) is 1.69. The molecule has 22 heavy (non-hydrogen) atoms. The van der Waals surface area contributed by atoms with Crippen LogP contribution in [0.25, 0.3) is 0 Å². The first kappa shape index (κ1) is 21.9. The third-order valence-electron chi connectivity index (χ3n) is 2.44. The molecule has 0 aromatic carbocycles. The van der Waals surface area contributed by atoms with E-state index >= 15 is 0 Å². The van der Waals surface area contributed by atoms with Crippen molar-refractivity contribution in [2.45, 2.75) is 44.8 Å². The zero-order valence-corrected chi connectivity index (χ0v) is 14.2. The van der Waals surface area contributed by atoms with Gasteiger partial charge in [0.1, 0.15) is 6.10 Å². The van der Waals surface area contributed by atoms with Crippen molar-refractivity contribution < 1.29 is 42.5 Å². The predicted molar refractivity (Wildman–Crippen MR) is 79.0 cm³/mol. The molecule has 0 heterocycles. The lowest BCUT2D eigenvalue weighted by Crippen LogP contribution is -2.19. The summed E-state index contributed by atoms with van der Waals surface area (Å²) in [5, 5.41) is 17.5. The Labute approximate surface area is 129 Å². The average Bonchev–Trinajstić information content (AvgIpc) is 2.41. The van der Waals surface area contributed by atoms with Crippen molar-refractivity contribution in [2.24, 2.45) is 0 Å². The summed E-state index contributed by atoms with van der Waals surface area (Å²) in [6, 6.07) is 0. The van der Waals surface area contributed by atoms with E-state index in [0.717, 1.165) is 12.8 Å². The summed E-state index contributed by atoms with van der Waals surface area (Å²) in [4.78, 5) is 18.8. The summed E-state index contributed by atoms with van der Waals surface area (Å²) in [6.45, 7) is 3.99. The van der Waals surface area contributed by atoms with Gasteiger partial charge in [0, 0.05) is 0 Å². The maximum atomic E-state index is 11.7. The minimum atomic E-state index is -4.92. The fourth-order valence-corrected chi connectivity index (χ4v) is 3.74. The number of unbranched alkanes of at least 4 members (excludes halogenated alkanes) is 1. The second-order valence-corrected chi connectivity index (χ2v) is 7.54. The fourth-order valence-electron chi connectivity index (χ4n) is 1.43. The minimum absolute atomic E-state index is 0.272. The monoisotopic (exact) mass is 362 g/mol. The molecule has 4 unspecified atom stereocenters. The molecule has 0 fully saturated rings. The molecule has 0 aromatic rings. The Hall–Kier alpha value is -0.0800. The van der Waals surface area contributed by atoms with E-state index in [2.05, 4.69) is 15.4 Å². The highest BCUT2D eigenvalue weighted by Gasteiger charge is 2.37. The minimum Gasteiger partial charge on any atom is -0.394 e. The fraction of sp³-hybridized carbons (Fsp3) is 0.818. The molecular weight excluding hydrogens is 338 g/mol. The molecule has 11 heteroatoms. The Morgan fingerprint density at radius 2 is 1.91 bits per heavy atom. The van der Waals surface area contributed by atoms with Crippen LogP contribution >= 0.6 is 15.6 Å². The number of rotatable bonds is 13. The van der Waals surface area contributed by atoms with E-state index in [0.29, 0.717) is 6.42 Å². The van der Waals surface area contributed by atoms with Gasteiger partial charge in [-0.1, -0.05) is 25.8 Å². The van der Waals surface area contributed by atoms with Gasteiger partial charge in [-0.2, -0.15) is 4.31 Å². The molecule has 4 N–H and O–H groups in total. The summed E-state index contributed by atoms with van der Waals surface area (Å²) < 4.78 is 36.5. The smallest absolute Gasteiger partial charge is 0.394 e. The molecule has 0 aliphatic carbocycles. The van der Waals surface area contributed by atoms with Crippen molar-refractivity contribution >= 4 is 15.6 Å². The summed E-state index contributed by atoms with van der Waals surface area (Å²) >= 11 is 0. The predicted octanol–water partition coefficient (Wildman–Crippen LogP) is 1.73. The molecule has 0 aromatic heterocycles. The molecule has 0 rings (SSSR count). The Bertz CT molecular complexity index is 414. The lowest BCUT2D eigenvalue weighted by molar-refractivity contribution is 0.0394. The lowest BCUT2D eigenvalue weighted by Gasteiger charge is -2.21. The molecule has 0 amide bonds. The maximum absolute atomic E-state index is 11.7. The van der Waals surface area contributed by atoms with Crippen molar-refractivity contribution in [1.29, 1.82) is 0 Å². The highest BCUT2D eigenvalue weighted by molar-refractivity contribution is 7.61. The van der Waals surface area contributed by atoms with Crippen molar-refractivity contribution in [2.75, 3.05) is 13.2 Å². The third-order valence-corrected chi connectivity index (χ3v) is 5.13. The Balaban J connectivity index is 4.59. The summed E-state index contributed by atoms with van der Waals surface area (Å²) in [5.74, 6) is 0. The lowest BCUT2D eigenvalue weighted by atomic mass is 10.1. The molecule has 0 saturated heterocycles. The molecule has 0 spiro atoms. The average molecular weight is 362 g/mol. The molecule has 0 aliphatic rings. The maximum Gasteiger partial charge on any atom is 0.481 e. The summed E-state index contributed by atoms with van der Waals surface area (Å²) in [5.41, 5.74) is 0. The number of phosphoric ester groups is 2. The SMILES string of the molecule is C=CCC(CCCC)OP(=O)(O)OP(=O)(O)OCC(O)CO. The Morgan fingerprint density at radius 1 is 1.27 bits per heavy atom. The Kier molecular flexibility index (Phi) is 10.6. The van der Waals surface area contributed by atoms with Crippen LogP contribution in [0.5, 0.6) is 0 Å². The van der Waals surface area contributed by atoms with Gasteiger partial charge in [-0.15, -0.1) is 6.58 Å². The first-order valence-electron chi connectivity index (χ1n) is 6.75. The van der Waals surface area contributed by atoms with E-state index in [-0.39, 0.29) is 6.42 Å². The van der Waals surface area contributed by atoms with Gasteiger partial charge in [0.05, 0.1) is 19.3 Å². The molecule has 0 aliphatic heterocycles. The number of hydrogen-bond donors (Lipinski definition) is 4. The van der Waals surface area contributed by atoms with Gasteiger partial charge in [0.2, 0.25) is 0 Å². The van der Waals surface area contributed by atoms with Crippen LogP contribution in [0, 0.1) is 0 Å². The zero-order chi connectivity index (χ0) is 17.2. The Morgan fingerprint density at radius 3 is 2.41 bits per heavy atom. The zero-order valence-electron chi connectivity index (χ0n) is 12.4. The van der Waals surface area contributed by atoms with E-state index in [1.807, 2.05) is 6.92 Å². The first-order valence-corrected chi connectivity index (χ1v) is 9.74. The van der Waals surface area contributed by atoms with E-state index in [9.17, 15) is 18.9 Å². The number of phosphoric acid groups is 2. The van der Waals surface area contributed by atoms with Crippen LogP contribution in [-0.2, 0) is 22.5 Å². The van der Waals surface area contributed by atoms with Gasteiger partial charge in [0.15, 0.2) is 0 Å². The van der Waals surface area contributed by atoms with Crippen molar-refractivity contribution in [3.63, 3.8) is 0 Å². The summed E-state index contributed by atoms with van der Waals surface area (Å²) in [7, 11) is -9.76. The van der Waals surface area contributed by atoms with Crippen LogP contribution in [0.3, 0.4) is 0 Å². The highest BCUT2D eigenvalue weighted by Crippen LogP contribution is 2.61. The molecule has 9 nitrogen and oxygen atoms in total. The molecule has 4 atom stereocenters. The van der Waals surface area contributed by atoms with Crippen LogP contribution in [0.4, 0.5) is 0 Å². The van der Waals surface area contributed by atoms with Crippen LogP contribution in [-0.4, -0.2) is 45.4 Å².